The average Bonchev–Trinajstić information content (AvgIpc) is 2.86. The number of amides is 4. The number of methoxy groups -OCH3 is 1. The van der Waals surface area contributed by atoms with Crippen molar-refractivity contribution in [2.24, 2.45) is 0 Å². The Morgan fingerprint density at radius 3 is 2.44 bits per heavy atom. The van der Waals surface area contributed by atoms with Crippen LogP contribution in [-0.2, 0) is 22.6 Å². The lowest BCUT2D eigenvalue weighted by Crippen LogP contribution is -2.54. The number of anilines is 1. The Morgan fingerprint density at radius 1 is 1.03 bits per heavy atom. The van der Waals surface area contributed by atoms with Gasteiger partial charge < -0.3 is 9.47 Å². The maximum Gasteiger partial charge on any atom is 0.335 e. The van der Waals surface area contributed by atoms with Gasteiger partial charge >= 0.3 is 6.03 Å². The molecule has 1 heterocycles. The van der Waals surface area contributed by atoms with E-state index in [4.69, 9.17) is 21.1 Å². The maximum absolute atomic E-state index is 13.2. The quantitative estimate of drug-likeness (QED) is 0.282. The summed E-state index contributed by atoms with van der Waals surface area (Å²) in [6, 6.07) is 16.9. The number of rotatable bonds is 7. The van der Waals surface area contributed by atoms with Gasteiger partial charge in [-0.15, -0.1) is 0 Å². The van der Waals surface area contributed by atoms with Gasteiger partial charge in [-0.25, -0.2) is 9.69 Å². The van der Waals surface area contributed by atoms with E-state index in [0.717, 1.165) is 22.4 Å². The molecular formula is C27H22BrClN2O5. The summed E-state index contributed by atoms with van der Waals surface area (Å²) in [5, 5.41) is 2.84. The van der Waals surface area contributed by atoms with Gasteiger partial charge in [0.2, 0.25) is 0 Å². The number of hydrogen-bond acceptors (Lipinski definition) is 5. The molecule has 0 spiro atoms. The van der Waals surface area contributed by atoms with Crippen LogP contribution in [0.4, 0.5) is 10.5 Å². The molecule has 7 nitrogen and oxygen atoms in total. The Balaban J connectivity index is 1.63. The number of urea groups is 1. The van der Waals surface area contributed by atoms with Gasteiger partial charge in [0.05, 0.1) is 17.3 Å². The third-order valence-electron chi connectivity index (χ3n) is 5.54. The van der Waals surface area contributed by atoms with E-state index in [9.17, 15) is 14.4 Å². The minimum Gasteiger partial charge on any atom is -0.493 e. The molecule has 0 unspecified atom stereocenters. The van der Waals surface area contributed by atoms with E-state index >= 15 is 0 Å². The Labute approximate surface area is 221 Å². The summed E-state index contributed by atoms with van der Waals surface area (Å²) in [6.45, 7) is 2.26. The summed E-state index contributed by atoms with van der Waals surface area (Å²) < 4.78 is 12.0. The van der Waals surface area contributed by atoms with E-state index in [1.54, 1.807) is 36.4 Å². The Hall–Kier alpha value is -3.62. The van der Waals surface area contributed by atoms with Crippen LogP contribution < -0.4 is 19.7 Å². The van der Waals surface area contributed by atoms with Gasteiger partial charge in [-0.05, 0) is 81.5 Å². The van der Waals surface area contributed by atoms with Crippen LogP contribution in [0.25, 0.3) is 6.08 Å². The highest BCUT2D eigenvalue weighted by molar-refractivity contribution is 9.10. The first-order valence-corrected chi connectivity index (χ1v) is 12.2. The first-order valence-electron chi connectivity index (χ1n) is 11.1. The van der Waals surface area contributed by atoms with Gasteiger partial charge in [0, 0.05) is 5.02 Å². The van der Waals surface area contributed by atoms with E-state index in [-0.39, 0.29) is 12.2 Å². The van der Waals surface area contributed by atoms with Crippen molar-refractivity contribution in [3.05, 3.63) is 92.4 Å². The number of nitrogens with zero attached hydrogens (tertiary/aromatic N) is 1. The minimum absolute atomic E-state index is 0.185. The number of halogens is 2. The number of imide groups is 2. The van der Waals surface area contributed by atoms with Crippen molar-refractivity contribution in [3.8, 4) is 11.5 Å². The van der Waals surface area contributed by atoms with E-state index in [1.165, 1.54) is 13.2 Å². The Bertz CT molecular complexity index is 1370. The van der Waals surface area contributed by atoms with Crippen LogP contribution in [0.3, 0.4) is 0 Å². The van der Waals surface area contributed by atoms with Gasteiger partial charge in [-0.2, -0.15) is 0 Å². The number of benzene rings is 3. The molecule has 4 rings (SSSR count). The monoisotopic (exact) mass is 568 g/mol. The fourth-order valence-corrected chi connectivity index (χ4v) is 4.47. The first kappa shape index (κ1) is 25.5. The molecule has 3 aromatic carbocycles. The second-order valence-electron chi connectivity index (χ2n) is 7.93. The normalized spacial score (nSPS) is 14.7. The molecule has 0 atom stereocenters. The van der Waals surface area contributed by atoms with Crippen molar-refractivity contribution in [1.29, 1.82) is 0 Å². The highest BCUT2D eigenvalue weighted by Gasteiger charge is 2.36. The largest absolute Gasteiger partial charge is 0.493 e. The van der Waals surface area contributed by atoms with Crippen LogP contribution >= 0.6 is 27.5 Å². The summed E-state index contributed by atoms with van der Waals surface area (Å²) in [7, 11) is 1.49. The molecule has 1 N–H and O–H groups in total. The van der Waals surface area contributed by atoms with Crippen LogP contribution in [0.2, 0.25) is 5.02 Å². The molecule has 1 saturated heterocycles. The van der Waals surface area contributed by atoms with Gasteiger partial charge in [0.1, 0.15) is 12.2 Å². The molecule has 0 radical (unpaired) electrons. The summed E-state index contributed by atoms with van der Waals surface area (Å²) >= 11 is 9.53. The second kappa shape index (κ2) is 11.0. The van der Waals surface area contributed by atoms with Crippen molar-refractivity contribution >= 4 is 57.1 Å². The minimum atomic E-state index is -0.796. The Morgan fingerprint density at radius 2 is 1.78 bits per heavy atom. The average molecular weight is 570 g/mol. The first-order chi connectivity index (χ1) is 17.3. The zero-order chi connectivity index (χ0) is 25.8. The number of carbonyl (C=O) groups excluding carboxylic acids is 3. The van der Waals surface area contributed by atoms with E-state index < -0.39 is 17.8 Å². The molecule has 3 aromatic rings. The summed E-state index contributed by atoms with van der Waals surface area (Å²) in [4.78, 5) is 39.2. The Kier molecular flexibility index (Phi) is 7.76. The number of ether oxygens (including phenoxy) is 2. The second-order valence-corrected chi connectivity index (χ2v) is 9.22. The zero-order valence-electron chi connectivity index (χ0n) is 19.5. The maximum atomic E-state index is 13.2. The van der Waals surface area contributed by atoms with E-state index in [1.807, 2.05) is 31.2 Å². The van der Waals surface area contributed by atoms with E-state index in [2.05, 4.69) is 21.2 Å². The van der Waals surface area contributed by atoms with Crippen LogP contribution in [0.1, 0.15) is 23.6 Å². The van der Waals surface area contributed by atoms with Crippen molar-refractivity contribution in [2.45, 2.75) is 20.0 Å². The number of nitrogens with one attached hydrogen (secondary N) is 1. The van der Waals surface area contributed by atoms with E-state index in [0.29, 0.717) is 32.2 Å². The smallest absolute Gasteiger partial charge is 0.335 e. The van der Waals surface area contributed by atoms with Gasteiger partial charge in [-0.1, -0.05) is 42.8 Å². The van der Waals surface area contributed by atoms with Crippen molar-refractivity contribution in [3.63, 3.8) is 0 Å². The third-order valence-corrected chi connectivity index (χ3v) is 6.36. The molecule has 1 aliphatic heterocycles. The molecule has 184 valence electrons. The summed E-state index contributed by atoms with van der Waals surface area (Å²) in [5.74, 6) is -0.649. The summed E-state index contributed by atoms with van der Waals surface area (Å²) in [5.41, 5.74) is 2.63. The van der Waals surface area contributed by atoms with Gasteiger partial charge in [0.25, 0.3) is 11.8 Å². The number of aryl methyl sites for hydroxylation is 1. The number of hydrogen-bond donors (Lipinski definition) is 1. The highest BCUT2D eigenvalue weighted by atomic mass is 79.9. The molecule has 1 fully saturated rings. The molecule has 0 aromatic heterocycles. The summed E-state index contributed by atoms with van der Waals surface area (Å²) in [6.07, 6.45) is 2.23. The fraction of sp³-hybridized carbons (Fsp3) is 0.148. The lowest BCUT2D eigenvalue weighted by Gasteiger charge is -2.26. The van der Waals surface area contributed by atoms with Crippen LogP contribution in [0.5, 0.6) is 11.5 Å². The molecule has 36 heavy (non-hydrogen) atoms. The highest BCUT2D eigenvalue weighted by Crippen LogP contribution is 2.38. The molecule has 0 aliphatic carbocycles. The molecule has 0 bridgehead atoms. The topological polar surface area (TPSA) is 84.9 Å². The van der Waals surface area contributed by atoms with Gasteiger partial charge in [-0.3, -0.25) is 14.9 Å². The van der Waals surface area contributed by atoms with Crippen molar-refractivity contribution in [1.82, 2.24) is 5.32 Å². The van der Waals surface area contributed by atoms with Crippen molar-refractivity contribution < 1.29 is 23.9 Å². The molecular weight excluding hydrogens is 548 g/mol. The molecule has 0 saturated carbocycles. The number of barbiturate groups is 1. The molecule has 9 heteroatoms. The number of carbonyl (C=O) groups is 3. The molecule has 4 amide bonds. The van der Waals surface area contributed by atoms with Crippen LogP contribution in [0.15, 0.2) is 70.7 Å². The lowest BCUT2D eigenvalue weighted by atomic mass is 10.1. The third kappa shape index (κ3) is 5.45. The predicted molar refractivity (Wildman–Crippen MR) is 141 cm³/mol. The molecule has 1 aliphatic rings. The zero-order valence-corrected chi connectivity index (χ0v) is 21.9. The van der Waals surface area contributed by atoms with Gasteiger partial charge in [0.15, 0.2) is 11.5 Å². The lowest BCUT2D eigenvalue weighted by molar-refractivity contribution is -0.122. The fourth-order valence-electron chi connectivity index (χ4n) is 3.68. The van der Waals surface area contributed by atoms with Crippen LogP contribution in [0, 0.1) is 0 Å². The predicted octanol–water partition coefficient (Wildman–Crippen LogP) is 5.92. The SMILES string of the molecule is CCc1ccc(N2C(=O)NC(=O)/C(=C\c3cc(Br)c(OCc4cccc(Cl)c4)c(OC)c3)C2=O)cc1. The standard InChI is InChI=1S/C27H22BrClN2O5/c1-3-16-7-9-20(10-8-16)31-26(33)21(25(32)30-27(31)34)12-18-13-22(28)24(23(14-18)35-2)36-15-17-5-4-6-19(29)11-17/h4-14H,3,15H2,1-2H3,(H,30,32,34)/b21-12+. The van der Waals surface area contributed by atoms with Crippen LogP contribution in [-0.4, -0.2) is 25.0 Å². The van der Waals surface area contributed by atoms with Crippen molar-refractivity contribution in [2.75, 3.05) is 12.0 Å².